The Bertz CT molecular complexity index is 3610. The van der Waals surface area contributed by atoms with Crippen molar-refractivity contribution >= 4 is 87.8 Å². The fourth-order valence-electron chi connectivity index (χ4n) is 8.67. The summed E-state index contributed by atoms with van der Waals surface area (Å²) in [4.78, 5) is 15.8. The molecule has 0 amide bonds. The molecule has 13 rings (SSSR count). The van der Waals surface area contributed by atoms with Crippen molar-refractivity contribution in [1.82, 2.24) is 15.0 Å². The van der Waals surface area contributed by atoms with E-state index >= 15 is 0 Å². The lowest BCUT2D eigenvalue weighted by Gasteiger charge is -2.11. The topological polar surface area (TPSA) is 91.2 Å². The van der Waals surface area contributed by atoms with E-state index in [1.807, 2.05) is 91.0 Å². The maximum absolute atomic E-state index is 6.55. The Hall–Kier alpha value is -8.03. The van der Waals surface area contributed by atoms with Gasteiger partial charge in [0.05, 0.1) is 0 Å². The highest BCUT2D eigenvalue weighted by Gasteiger charge is 2.22. The number of furan rings is 4. The molecule has 5 aromatic heterocycles. The van der Waals surface area contributed by atoms with E-state index in [1.54, 1.807) is 0 Å². The monoisotopic (exact) mass is 745 g/mol. The summed E-state index contributed by atoms with van der Waals surface area (Å²) in [6.45, 7) is 0. The number of benzene rings is 8. The third-order valence-electron chi connectivity index (χ3n) is 11.3. The van der Waals surface area contributed by atoms with Gasteiger partial charge in [0.25, 0.3) is 0 Å². The zero-order chi connectivity index (χ0) is 37.9. The van der Waals surface area contributed by atoms with Crippen LogP contribution in [0, 0.1) is 0 Å². The molecule has 7 heteroatoms. The summed E-state index contributed by atoms with van der Waals surface area (Å²) in [7, 11) is 0. The van der Waals surface area contributed by atoms with Gasteiger partial charge in [-0.2, -0.15) is 0 Å². The van der Waals surface area contributed by atoms with Gasteiger partial charge in [-0.3, -0.25) is 0 Å². The van der Waals surface area contributed by atoms with Crippen molar-refractivity contribution in [3.05, 3.63) is 164 Å². The maximum Gasteiger partial charge on any atom is 0.164 e. The van der Waals surface area contributed by atoms with Gasteiger partial charge in [-0.05, 0) is 65.7 Å². The Morgan fingerprint density at radius 2 is 0.672 bits per heavy atom. The van der Waals surface area contributed by atoms with Crippen LogP contribution < -0.4 is 0 Å². The summed E-state index contributed by atoms with van der Waals surface area (Å²) in [6.07, 6.45) is 0. The molecule has 0 aliphatic rings. The van der Waals surface area contributed by atoms with Crippen molar-refractivity contribution in [2.24, 2.45) is 0 Å². The highest BCUT2D eigenvalue weighted by Crippen LogP contribution is 2.43. The minimum Gasteiger partial charge on any atom is -0.456 e. The Balaban J connectivity index is 1.08. The molecule has 0 radical (unpaired) electrons. The van der Waals surface area contributed by atoms with Crippen LogP contribution in [0.15, 0.2) is 181 Å². The van der Waals surface area contributed by atoms with Crippen LogP contribution in [-0.4, -0.2) is 15.0 Å². The van der Waals surface area contributed by atoms with Crippen LogP contribution in [0.3, 0.4) is 0 Å². The average Bonchev–Trinajstić information content (AvgIpc) is 4.04. The van der Waals surface area contributed by atoms with E-state index in [4.69, 9.17) is 32.6 Å². The average molecular weight is 746 g/mol. The number of nitrogens with zero attached hydrogens (tertiary/aromatic N) is 3. The SMILES string of the molecule is c1ccc(-c2cccc(-c3nc(-c4cccc5oc6cc7c(cc6c45)oc4ccccc47)nc(-c4cccc5oc6cc7c(cc6c45)oc4ccccc47)n3)c2)cc1. The largest absolute Gasteiger partial charge is 0.456 e. The van der Waals surface area contributed by atoms with Crippen molar-refractivity contribution in [2.45, 2.75) is 0 Å². The molecule has 0 N–H and O–H groups in total. The number of rotatable bonds is 4. The molecule has 0 bridgehead atoms. The fraction of sp³-hybridized carbons (Fsp3) is 0. The molecule has 0 fully saturated rings. The van der Waals surface area contributed by atoms with Gasteiger partial charge < -0.3 is 17.7 Å². The van der Waals surface area contributed by atoms with E-state index in [0.29, 0.717) is 17.5 Å². The van der Waals surface area contributed by atoms with E-state index in [-0.39, 0.29) is 0 Å². The van der Waals surface area contributed by atoms with Crippen LogP contribution in [0.2, 0.25) is 0 Å². The number of hydrogen-bond donors (Lipinski definition) is 0. The molecule has 0 saturated heterocycles. The summed E-state index contributed by atoms with van der Waals surface area (Å²) in [6, 6.07) is 55.2. The predicted octanol–water partition coefficient (Wildman–Crippen LogP) is 14.1. The van der Waals surface area contributed by atoms with Crippen LogP contribution in [0.5, 0.6) is 0 Å². The molecule has 5 heterocycles. The molecule has 0 atom stereocenters. The van der Waals surface area contributed by atoms with E-state index in [0.717, 1.165) is 116 Å². The van der Waals surface area contributed by atoms with Gasteiger partial charge >= 0.3 is 0 Å². The molecule has 0 unspecified atom stereocenters. The smallest absolute Gasteiger partial charge is 0.164 e. The lowest BCUT2D eigenvalue weighted by atomic mass is 10.0. The summed E-state index contributed by atoms with van der Waals surface area (Å²) in [5, 5.41) is 7.76. The van der Waals surface area contributed by atoms with Crippen LogP contribution in [0.25, 0.3) is 133 Å². The second-order valence-corrected chi connectivity index (χ2v) is 14.7. The number of para-hydroxylation sites is 2. The van der Waals surface area contributed by atoms with E-state index in [1.165, 1.54) is 0 Å². The van der Waals surface area contributed by atoms with E-state index in [2.05, 4.69) is 72.8 Å². The molecular formula is C51H27N3O4. The second-order valence-electron chi connectivity index (χ2n) is 14.7. The normalized spacial score (nSPS) is 12.1. The van der Waals surface area contributed by atoms with Gasteiger partial charge in [-0.15, -0.1) is 0 Å². The predicted molar refractivity (Wildman–Crippen MR) is 231 cm³/mol. The molecule has 8 aromatic carbocycles. The van der Waals surface area contributed by atoms with Gasteiger partial charge in [0.15, 0.2) is 17.5 Å². The first-order valence-corrected chi connectivity index (χ1v) is 19.2. The minimum absolute atomic E-state index is 0.521. The van der Waals surface area contributed by atoms with Crippen LogP contribution in [0.1, 0.15) is 0 Å². The molecule has 58 heavy (non-hydrogen) atoms. The third-order valence-corrected chi connectivity index (χ3v) is 11.3. The fourth-order valence-corrected chi connectivity index (χ4v) is 8.67. The van der Waals surface area contributed by atoms with Gasteiger partial charge in [-0.1, -0.05) is 109 Å². The molecule has 270 valence electrons. The minimum atomic E-state index is 0.521. The summed E-state index contributed by atoms with van der Waals surface area (Å²) < 4.78 is 25.8. The number of aromatic nitrogens is 3. The highest BCUT2D eigenvalue weighted by atomic mass is 16.3. The summed E-state index contributed by atoms with van der Waals surface area (Å²) in [5.74, 6) is 1.59. The highest BCUT2D eigenvalue weighted by molar-refractivity contribution is 6.19. The molecule has 0 aliphatic heterocycles. The molecule has 0 spiro atoms. The van der Waals surface area contributed by atoms with E-state index < -0.39 is 0 Å². The lowest BCUT2D eigenvalue weighted by molar-refractivity contribution is 0.664. The Labute approximate surface area is 328 Å². The Morgan fingerprint density at radius 1 is 0.259 bits per heavy atom. The number of fused-ring (bicyclic) bond motifs is 12. The quantitative estimate of drug-likeness (QED) is 0.177. The zero-order valence-corrected chi connectivity index (χ0v) is 30.6. The first-order valence-electron chi connectivity index (χ1n) is 19.2. The van der Waals surface area contributed by atoms with E-state index in [9.17, 15) is 0 Å². The van der Waals surface area contributed by atoms with Gasteiger partial charge in [0, 0.05) is 59.8 Å². The molecule has 13 aromatic rings. The van der Waals surface area contributed by atoms with Crippen LogP contribution >= 0.6 is 0 Å². The van der Waals surface area contributed by atoms with Gasteiger partial charge in [-0.25, -0.2) is 15.0 Å². The van der Waals surface area contributed by atoms with Crippen molar-refractivity contribution in [2.75, 3.05) is 0 Å². The molecule has 0 aliphatic carbocycles. The third kappa shape index (κ3) is 4.58. The lowest BCUT2D eigenvalue weighted by Crippen LogP contribution is -2.01. The Kier molecular flexibility index (Phi) is 6.32. The Morgan fingerprint density at radius 3 is 1.26 bits per heavy atom. The molecule has 7 nitrogen and oxygen atoms in total. The first-order chi connectivity index (χ1) is 28.7. The van der Waals surface area contributed by atoms with Crippen molar-refractivity contribution in [3.8, 4) is 45.3 Å². The number of hydrogen-bond acceptors (Lipinski definition) is 7. The maximum atomic E-state index is 6.55. The van der Waals surface area contributed by atoms with Crippen LogP contribution in [0.4, 0.5) is 0 Å². The summed E-state index contributed by atoms with van der Waals surface area (Å²) in [5.41, 5.74) is 10.9. The summed E-state index contributed by atoms with van der Waals surface area (Å²) >= 11 is 0. The molecule has 0 saturated carbocycles. The van der Waals surface area contributed by atoms with Crippen molar-refractivity contribution < 1.29 is 17.7 Å². The van der Waals surface area contributed by atoms with Gasteiger partial charge in [0.1, 0.15) is 44.7 Å². The second kappa shape index (κ2) is 11.7. The standard InChI is InChI=1S/C51H27N3O4/c1-2-11-28(12-3-1)29-13-8-14-30(23-29)49-52-50(33-17-9-21-41-47(33)37-26-43-35(24-45(37)57-41)31-15-4-6-19-39(31)55-43)54-51(53-49)34-18-10-22-42-48(34)38-27-44-36(25-46(38)58-42)32-16-5-7-20-40(32)56-44/h1-27H. The van der Waals surface area contributed by atoms with Crippen molar-refractivity contribution in [1.29, 1.82) is 0 Å². The van der Waals surface area contributed by atoms with Crippen molar-refractivity contribution in [3.63, 3.8) is 0 Å². The van der Waals surface area contributed by atoms with Gasteiger partial charge in [0.2, 0.25) is 0 Å². The van der Waals surface area contributed by atoms with Crippen LogP contribution in [-0.2, 0) is 0 Å². The zero-order valence-electron chi connectivity index (χ0n) is 30.6. The molecular weight excluding hydrogens is 719 g/mol. The first kappa shape index (κ1) is 31.2.